The topological polar surface area (TPSA) is 49.8 Å². The van der Waals surface area contributed by atoms with Gasteiger partial charge in [-0.2, -0.15) is 0 Å². The van der Waals surface area contributed by atoms with Crippen LogP contribution in [0, 0.1) is 5.92 Å². The summed E-state index contributed by atoms with van der Waals surface area (Å²) < 4.78 is 5.32. The minimum absolute atomic E-state index is 0.0395. The Labute approximate surface area is 119 Å². The summed E-state index contributed by atoms with van der Waals surface area (Å²) in [7, 11) is 0. The molecular weight excluding hydrogens is 254 g/mol. The lowest BCUT2D eigenvalue weighted by molar-refractivity contribution is 0.0897. The first-order valence-electron chi connectivity index (χ1n) is 6.97. The number of amides is 1. The quantitative estimate of drug-likeness (QED) is 0.856. The Morgan fingerprint density at radius 3 is 2.75 bits per heavy atom. The minimum atomic E-state index is -0.384. The van der Waals surface area contributed by atoms with Gasteiger partial charge in [-0.1, -0.05) is 50.3 Å². The third-order valence-corrected chi connectivity index (χ3v) is 3.79. The number of hydrogen-bond donors (Lipinski definition) is 1. The molecule has 2 unspecified atom stereocenters. The van der Waals surface area contributed by atoms with Crippen LogP contribution in [0.2, 0.25) is 0 Å². The molecule has 2 atom stereocenters. The molecule has 0 saturated carbocycles. The molecule has 1 fully saturated rings. The molecule has 1 N–H and O–H groups in total. The Balaban J connectivity index is 1.95. The Bertz CT molecular complexity index is 472. The fourth-order valence-corrected chi connectivity index (χ4v) is 2.54. The summed E-state index contributed by atoms with van der Waals surface area (Å²) in [5.74, 6) is 0.436. The second-order valence-corrected chi connectivity index (χ2v) is 5.21. The molecular formula is C16H21NO3. The zero-order valence-electron chi connectivity index (χ0n) is 11.8. The van der Waals surface area contributed by atoms with Crippen molar-refractivity contribution < 1.29 is 14.6 Å². The van der Waals surface area contributed by atoms with E-state index in [1.807, 2.05) is 30.3 Å². The van der Waals surface area contributed by atoms with E-state index in [1.165, 1.54) is 0 Å². The summed E-state index contributed by atoms with van der Waals surface area (Å²) in [4.78, 5) is 13.7. The predicted octanol–water partition coefficient (Wildman–Crippen LogP) is 3.50. The second-order valence-electron chi connectivity index (χ2n) is 5.21. The van der Waals surface area contributed by atoms with E-state index in [0.29, 0.717) is 12.5 Å². The highest BCUT2D eigenvalue weighted by molar-refractivity contribution is 5.69. The van der Waals surface area contributed by atoms with Gasteiger partial charge in [0, 0.05) is 6.54 Å². The predicted molar refractivity (Wildman–Crippen MR) is 77.3 cm³/mol. The van der Waals surface area contributed by atoms with Crippen molar-refractivity contribution in [3.05, 3.63) is 48.2 Å². The summed E-state index contributed by atoms with van der Waals surface area (Å²) in [6, 6.07) is 9.24. The lowest BCUT2D eigenvalue weighted by Crippen LogP contribution is -2.37. The van der Waals surface area contributed by atoms with Gasteiger partial charge in [0.25, 0.3) is 0 Å². The summed E-state index contributed by atoms with van der Waals surface area (Å²) >= 11 is 0. The number of hydrogen-bond acceptors (Lipinski definition) is 3. The van der Waals surface area contributed by atoms with Gasteiger partial charge in [0.2, 0.25) is 0 Å². The van der Waals surface area contributed by atoms with Crippen LogP contribution in [0.5, 0.6) is 0 Å². The van der Waals surface area contributed by atoms with Gasteiger partial charge < -0.3 is 9.84 Å². The van der Waals surface area contributed by atoms with Gasteiger partial charge >= 0.3 is 6.09 Å². The average Bonchev–Trinajstić information content (AvgIpc) is 2.90. The van der Waals surface area contributed by atoms with Crippen molar-refractivity contribution >= 4 is 6.09 Å². The highest BCUT2D eigenvalue weighted by Crippen LogP contribution is 2.29. The lowest BCUT2D eigenvalue weighted by Gasteiger charge is -2.23. The maximum atomic E-state index is 12.1. The Hall–Kier alpha value is -1.97. The number of likely N-dealkylation sites (tertiary alicyclic amines) is 1. The van der Waals surface area contributed by atoms with Crippen LogP contribution >= 0.6 is 0 Å². The molecule has 2 rings (SSSR count). The first kappa shape index (κ1) is 14.4. The third-order valence-electron chi connectivity index (χ3n) is 3.79. The molecule has 108 valence electrons. The summed E-state index contributed by atoms with van der Waals surface area (Å²) in [6.45, 7) is 6.51. The number of aliphatic hydroxyl groups excluding tert-OH is 1. The molecule has 1 heterocycles. The number of benzene rings is 1. The van der Waals surface area contributed by atoms with E-state index in [2.05, 4.69) is 13.5 Å². The molecule has 1 amide bonds. The van der Waals surface area contributed by atoms with Crippen LogP contribution in [-0.2, 0) is 11.3 Å². The van der Waals surface area contributed by atoms with Crippen LogP contribution in [0.1, 0.15) is 25.3 Å². The van der Waals surface area contributed by atoms with E-state index in [4.69, 9.17) is 4.74 Å². The van der Waals surface area contributed by atoms with Crippen LogP contribution < -0.4 is 0 Å². The summed E-state index contributed by atoms with van der Waals surface area (Å²) in [6.07, 6.45) is 1.35. The highest BCUT2D eigenvalue weighted by atomic mass is 16.6. The van der Waals surface area contributed by atoms with Crippen LogP contribution in [0.25, 0.3) is 0 Å². The Kier molecular flexibility index (Phi) is 4.66. The van der Waals surface area contributed by atoms with Crippen molar-refractivity contribution in [2.24, 2.45) is 5.92 Å². The van der Waals surface area contributed by atoms with Gasteiger partial charge in [-0.3, -0.25) is 4.90 Å². The van der Waals surface area contributed by atoms with E-state index in [-0.39, 0.29) is 24.5 Å². The molecule has 0 aliphatic carbocycles. The molecule has 1 aromatic rings. The zero-order valence-corrected chi connectivity index (χ0v) is 11.8. The molecule has 1 saturated heterocycles. The largest absolute Gasteiger partial charge is 0.511 e. The number of aliphatic hydroxyl groups is 1. The first-order chi connectivity index (χ1) is 9.61. The summed E-state index contributed by atoms with van der Waals surface area (Å²) in [5, 5.41) is 9.63. The molecule has 4 heteroatoms. The fraction of sp³-hybridized carbons (Fsp3) is 0.438. The van der Waals surface area contributed by atoms with Crippen LogP contribution in [0.3, 0.4) is 0 Å². The van der Waals surface area contributed by atoms with Crippen molar-refractivity contribution in [2.75, 3.05) is 6.54 Å². The molecule has 1 aliphatic rings. The molecule has 0 bridgehead atoms. The van der Waals surface area contributed by atoms with Crippen LogP contribution in [0.15, 0.2) is 42.7 Å². The average molecular weight is 275 g/mol. The van der Waals surface area contributed by atoms with Gasteiger partial charge in [-0.05, 0) is 17.9 Å². The van der Waals surface area contributed by atoms with Crippen molar-refractivity contribution in [3.63, 3.8) is 0 Å². The number of carbonyl (C=O) groups is 1. The second kappa shape index (κ2) is 6.46. The van der Waals surface area contributed by atoms with Gasteiger partial charge in [0.05, 0.1) is 6.04 Å². The third kappa shape index (κ3) is 3.32. The van der Waals surface area contributed by atoms with Gasteiger partial charge in [0.1, 0.15) is 12.4 Å². The van der Waals surface area contributed by atoms with E-state index in [1.54, 1.807) is 4.90 Å². The van der Waals surface area contributed by atoms with Crippen molar-refractivity contribution in [1.82, 2.24) is 4.90 Å². The van der Waals surface area contributed by atoms with E-state index in [9.17, 15) is 9.90 Å². The molecule has 20 heavy (non-hydrogen) atoms. The Morgan fingerprint density at radius 1 is 1.45 bits per heavy atom. The standard InChI is InChI=1S/C16H21NO3/c1-3-13-9-15(12(2)18)17(10-13)16(19)20-11-14-7-5-4-6-8-14/h4-8,13,15,18H,2-3,9-11H2,1H3. The SMILES string of the molecule is C=C(O)C1CC(CC)CN1C(=O)OCc1ccccc1. The van der Waals surface area contributed by atoms with Crippen molar-refractivity contribution in [2.45, 2.75) is 32.4 Å². The maximum absolute atomic E-state index is 12.1. The monoisotopic (exact) mass is 275 g/mol. The lowest BCUT2D eigenvalue weighted by atomic mass is 10.0. The number of nitrogens with zero attached hydrogens (tertiary/aromatic N) is 1. The van der Waals surface area contributed by atoms with E-state index >= 15 is 0 Å². The first-order valence-corrected chi connectivity index (χ1v) is 6.97. The van der Waals surface area contributed by atoms with E-state index < -0.39 is 0 Å². The van der Waals surface area contributed by atoms with Crippen LogP contribution in [0.4, 0.5) is 4.79 Å². The summed E-state index contributed by atoms with van der Waals surface area (Å²) in [5.41, 5.74) is 0.950. The molecule has 1 aromatic carbocycles. The number of rotatable bonds is 4. The normalized spacial score (nSPS) is 21.8. The smallest absolute Gasteiger partial charge is 0.410 e. The van der Waals surface area contributed by atoms with Crippen LogP contribution in [-0.4, -0.2) is 28.7 Å². The molecule has 0 radical (unpaired) electrons. The molecule has 0 spiro atoms. The minimum Gasteiger partial charge on any atom is -0.511 e. The van der Waals surface area contributed by atoms with Gasteiger partial charge in [-0.25, -0.2) is 4.79 Å². The molecule has 1 aliphatic heterocycles. The number of ether oxygens (including phenoxy) is 1. The highest BCUT2D eigenvalue weighted by Gasteiger charge is 2.37. The maximum Gasteiger partial charge on any atom is 0.410 e. The zero-order chi connectivity index (χ0) is 14.5. The molecule has 0 aromatic heterocycles. The Morgan fingerprint density at radius 2 is 2.15 bits per heavy atom. The van der Waals surface area contributed by atoms with Crippen molar-refractivity contribution in [3.8, 4) is 0 Å². The molecule has 4 nitrogen and oxygen atoms in total. The fourth-order valence-electron chi connectivity index (χ4n) is 2.54. The van der Waals surface area contributed by atoms with Gasteiger partial charge in [-0.15, -0.1) is 0 Å². The van der Waals surface area contributed by atoms with Gasteiger partial charge in [0.15, 0.2) is 0 Å². The van der Waals surface area contributed by atoms with Crippen molar-refractivity contribution in [1.29, 1.82) is 0 Å². The van der Waals surface area contributed by atoms with E-state index in [0.717, 1.165) is 18.4 Å². The number of carbonyl (C=O) groups excluding carboxylic acids is 1.